The number of aromatic nitrogens is 1. The number of benzene rings is 1. The first-order valence-corrected chi connectivity index (χ1v) is 13.9. The standard InChI is InChI=1S/C26H29N3S.C4H6O4/c1-18(2)24-16-22-23(30-24)11-10-20-9-6-12-28-25(20)26(22)29-14-13-27-21(17-29)15-19-7-4-3-5-8-19;5-3(6)1-2-4(7)8/h3-10,12,16,18,21,27H,11,13-15,17H2,1-2H3;1-2H2,(H,5,6)(H,7,8). The van der Waals surface area contributed by atoms with Crippen molar-refractivity contribution in [2.24, 2.45) is 0 Å². The van der Waals surface area contributed by atoms with Gasteiger partial charge in [-0.05, 0) is 35.3 Å². The zero-order valence-corrected chi connectivity index (χ0v) is 22.7. The van der Waals surface area contributed by atoms with Gasteiger partial charge in [-0.1, -0.05) is 56.3 Å². The van der Waals surface area contributed by atoms with Gasteiger partial charge in [0, 0.05) is 53.6 Å². The summed E-state index contributed by atoms with van der Waals surface area (Å²) in [7, 11) is 0. The van der Waals surface area contributed by atoms with E-state index in [1.165, 1.54) is 31.8 Å². The smallest absolute Gasteiger partial charge is 0.303 e. The van der Waals surface area contributed by atoms with Gasteiger partial charge >= 0.3 is 11.9 Å². The molecular formula is C30H35N3O4S. The number of fused-ring (bicyclic) bond motifs is 2. The number of hydrogen-bond acceptors (Lipinski definition) is 6. The SMILES string of the molecule is CC(C)c1cc2c(s1)CC=c1cccnc1=C2N1CCNC(Cc2ccccc2)C1.O=C(O)CCC(=O)O. The number of nitrogens with zero attached hydrogens (tertiary/aromatic N) is 2. The third kappa shape index (κ3) is 7.08. The van der Waals surface area contributed by atoms with E-state index in [2.05, 4.69) is 78.7 Å². The number of piperazine rings is 1. The fraction of sp³-hybridized carbons (Fsp3) is 0.367. The third-order valence-electron chi connectivity index (χ3n) is 6.67. The molecule has 2 aromatic heterocycles. The molecule has 2 aliphatic rings. The van der Waals surface area contributed by atoms with Crippen molar-refractivity contribution in [3.8, 4) is 0 Å². The van der Waals surface area contributed by atoms with Gasteiger partial charge in [0.05, 0.1) is 23.9 Å². The van der Waals surface area contributed by atoms with Crippen LogP contribution in [0.3, 0.4) is 0 Å². The molecule has 1 saturated heterocycles. The van der Waals surface area contributed by atoms with Gasteiger partial charge < -0.3 is 20.4 Å². The van der Waals surface area contributed by atoms with Crippen LogP contribution in [-0.2, 0) is 22.4 Å². The lowest BCUT2D eigenvalue weighted by atomic mass is 10.0. The summed E-state index contributed by atoms with van der Waals surface area (Å²) < 4.78 is 0. The molecule has 7 nitrogen and oxygen atoms in total. The second-order valence-electron chi connectivity index (χ2n) is 9.91. The summed E-state index contributed by atoms with van der Waals surface area (Å²) >= 11 is 1.98. The first-order chi connectivity index (χ1) is 18.3. The number of carboxylic acid groups (broad SMARTS) is 2. The van der Waals surface area contributed by atoms with Crippen LogP contribution in [-0.4, -0.2) is 57.7 Å². The number of hydrogen-bond donors (Lipinski definition) is 3. The van der Waals surface area contributed by atoms with E-state index in [1.54, 1.807) is 0 Å². The summed E-state index contributed by atoms with van der Waals surface area (Å²) in [5.41, 5.74) is 4.13. The van der Waals surface area contributed by atoms with E-state index in [0.29, 0.717) is 12.0 Å². The maximum absolute atomic E-state index is 9.64. The van der Waals surface area contributed by atoms with Crippen molar-refractivity contribution in [1.82, 2.24) is 15.2 Å². The van der Waals surface area contributed by atoms with Crippen molar-refractivity contribution in [3.05, 3.63) is 86.2 Å². The Hall–Kier alpha value is -3.49. The summed E-state index contributed by atoms with van der Waals surface area (Å²) in [5, 5.41) is 21.9. The topological polar surface area (TPSA) is 103 Å². The average molecular weight is 534 g/mol. The lowest BCUT2D eigenvalue weighted by molar-refractivity contribution is -0.143. The zero-order chi connectivity index (χ0) is 27.1. The number of pyridine rings is 1. The molecule has 200 valence electrons. The Morgan fingerprint density at radius 1 is 1.11 bits per heavy atom. The van der Waals surface area contributed by atoms with Crippen LogP contribution in [0.4, 0.5) is 0 Å². The Bertz CT molecular complexity index is 1370. The second kappa shape index (κ2) is 12.8. The molecule has 3 aromatic rings. The molecule has 1 fully saturated rings. The molecule has 3 heterocycles. The number of carbonyl (C=O) groups is 2. The van der Waals surface area contributed by atoms with E-state index in [-0.39, 0.29) is 12.8 Å². The molecule has 1 aliphatic carbocycles. The summed E-state index contributed by atoms with van der Waals surface area (Å²) in [4.78, 5) is 29.7. The zero-order valence-electron chi connectivity index (χ0n) is 21.9. The monoisotopic (exact) mass is 533 g/mol. The summed E-state index contributed by atoms with van der Waals surface area (Å²) in [5.74, 6) is -1.60. The van der Waals surface area contributed by atoms with E-state index in [4.69, 9.17) is 15.2 Å². The van der Waals surface area contributed by atoms with Crippen molar-refractivity contribution < 1.29 is 19.8 Å². The van der Waals surface area contributed by atoms with E-state index in [0.717, 1.165) is 37.8 Å². The first kappa shape index (κ1) is 27.5. The summed E-state index contributed by atoms with van der Waals surface area (Å²) in [6, 6.07) is 18.0. The van der Waals surface area contributed by atoms with E-state index < -0.39 is 11.9 Å². The van der Waals surface area contributed by atoms with Crippen LogP contribution in [0.2, 0.25) is 0 Å². The Balaban J connectivity index is 0.000000368. The van der Waals surface area contributed by atoms with E-state index >= 15 is 0 Å². The van der Waals surface area contributed by atoms with Gasteiger partial charge in [-0.3, -0.25) is 14.6 Å². The number of aliphatic carboxylic acids is 2. The van der Waals surface area contributed by atoms with Crippen molar-refractivity contribution in [2.45, 2.75) is 51.5 Å². The molecule has 8 heteroatoms. The van der Waals surface area contributed by atoms with Crippen LogP contribution in [0.1, 0.15) is 53.5 Å². The predicted molar refractivity (Wildman–Crippen MR) is 151 cm³/mol. The van der Waals surface area contributed by atoms with Crippen LogP contribution in [0.5, 0.6) is 0 Å². The van der Waals surface area contributed by atoms with Gasteiger partial charge in [-0.2, -0.15) is 0 Å². The minimum atomic E-state index is -1.08. The fourth-order valence-electron chi connectivity index (χ4n) is 4.79. The highest BCUT2D eigenvalue weighted by Crippen LogP contribution is 2.34. The molecule has 5 rings (SSSR count). The van der Waals surface area contributed by atoms with Crippen LogP contribution >= 0.6 is 11.3 Å². The highest BCUT2D eigenvalue weighted by atomic mass is 32.1. The number of nitrogens with one attached hydrogen (secondary N) is 1. The molecule has 38 heavy (non-hydrogen) atoms. The molecule has 1 aliphatic heterocycles. The highest BCUT2D eigenvalue weighted by Gasteiger charge is 2.26. The van der Waals surface area contributed by atoms with Gasteiger partial charge in [0.1, 0.15) is 0 Å². The van der Waals surface area contributed by atoms with Crippen LogP contribution in [0.25, 0.3) is 11.8 Å². The van der Waals surface area contributed by atoms with E-state index in [1.807, 2.05) is 17.5 Å². The van der Waals surface area contributed by atoms with Gasteiger partial charge in [0.2, 0.25) is 0 Å². The van der Waals surface area contributed by atoms with E-state index in [9.17, 15) is 9.59 Å². The maximum Gasteiger partial charge on any atom is 0.303 e. The Labute approximate surface area is 227 Å². The maximum atomic E-state index is 9.64. The van der Waals surface area contributed by atoms with Crippen molar-refractivity contribution in [1.29, 1.82) is 0 Å². The minimum Gasteiger partial charge on any atom is -0.481 e. The first-order valence-electron chi connectivity index (χ1n) is 13.1. The Morgan fingerprint density at radius 2 is 1.84 bits per heavy atom. The largest absolute Gasteiger partial charge is 0.481 e. The second-order valence-corrected chi connectivity index (χ2v) is 11.1. The minimum absolute atomic E-state index is 0.296. The van der Waals surface area contributed by atoms with Crippen LogP contribution < -0.4 is 15.9 Å². The lowest BCUT2D eigenvalue weighted by Crippen LogP contribution is -2.52. The fourth-order valence-corrected chi connectivity index (χ4v) is 5.92. The third-order valence-corrected chi connectivity index (χ3v) is 8.13. The molecule has 0 spiro atoms. The van der Waals surface area contributed by atoms with Crippen LogP contribution in [0, 0.1) is 0 Å². The molecule has 0 amide bonds. The van der Waals surface area contributed by atoms with Crippen molar-refractivity contribution >= 4 is 35.0 Å². The highest BCUT2D eigenvalue weighted by molar-refractivity contribution is 7.12. The number of thiophene rings is 1. The molecule has 0 radical (unpaired) electrons. The van der Waals surface area contributed by atoms with Gasteiger partial charge in [0.15, 0.2) is 0 Å². The predicted octanol–water partition coefficient (Wildman–Crippen LogP) is 3.21. The van der Waals surface area contributed by atoms with Gasteiger partial charge in [-0.25, -0.2) is 0 Å². The Morgan fingerprint density at radius 3 is 2.53 bits per heavy atom. The molecule has 0 bridgehead atoms. The lowest BCUT2D eigenvalue weighted by Gasteiger charge is -2.37. The molecule has 0 saturated carbocycles. The van der Waals surface area contributed by atoms with Crippen molar-refractivity contribution in [3.63, 3.8) is 0 Å². The van der Waals surface area contributed by atoms with Crippen LogP contribution in [0.15, 0.2) is 54.7 Å². The molecule has 1 aromatic carbocycles. The molecule has 3 N–H and O–H groups in total. The summed E-state index contributed by atoms with van der Waals surface area (Å²) in [6.07, 6.45) is 5.76. The molecular weight excluding hydrogens is 498 g/mol. The molecule has 1 unspecified atom stereocenters. The Kier molecular flexibility index (Phi) is 9.31. The van der Waals surface area contributed by atoms with Gasteiger partial charge in [-0.15, -0.1) is 11.3 Å². The molecule has 1 atom stereocenters. The summed E-state index contributed by atoms with van der Waals surface area (Å²) in [6.45, 7) is 7.61. The van der Waals surface area contributed by atoms with Crippen molar-refractivity contribution in [2.75, 3.05) is 19.6 Å². The normalized spacial score (nSPS) is 16.4. The van der Waals surface area contributed by atoms with Gasteiger partial charge in [0.25, 0.3) is 0 Å². The average Bonchev–Trinajstić information content (AvgIpc) is 3.26. The number of rotatable bonds is 7. The quantitative estimate of drug-likeness (QED) is 0.429. The number of carboxylic acids is 2.